The van der Waals surface area contributed by atoms with Crippen molar-refractivity contribution in [1.82, 2.24) is 5.32 Å². The van der Waals surface area contributed by atoms with Gasteiger partial charge >= 0.3 is 6.03 Å². The number of hydrogen-bond acceptors (Lipinski definition) is 4. The summed E-state index contributed by atoms with van der Waals surface area (Å²) >= 11 is 0. The number of hydrogen-bond donors (Lipinski definition) is 2. The van der Waals surface area contributed by atoms with E-state index in [4.69, 9.17) is 9.47 Å². The van der Waals surface area contributed by atoms with E-state index in [0.29, 0.717) is 36.6 Å². The van der Waals surface area contributed by atoms with Crippen LogP contribution in [-0.2, 0) is 11.2 Å². The molecule has 0 bridgehead atoms. The maximum atomic E-state index is 13.0. The summed E-state index contributed by atoms with van der Waals surface area (Å²) in [6, 6.07) is 12.7. The molecule has 7 heteroatoms. The van der Waals surface area contributed by atoms with Gasteiger partial charge in [0.1, 0.15) is 18.1 Å². The van der Waals surface area contributed by atoms with Gasteiger partial charge in [-0.2, -0.15) is 0 Å². The van der Waals surface area contributed by atoms with Crippen molar-refractivity contribution in [3.05, 3.63) is 60.7 Å². The van der Waals surface area contributed by atoms with Gasteiger partial charge < -0.3 is 25.0 Å². The Morgan fingerprint density at radius 2 is 2.00 bits per heavy atom. The fourth-order valence-corrected chi connectivity index (χ4v) is 3.32. The summed E-state index contributed by atoms with van der Waals surface area (Å²) in [7, 11) is 1.63. The number of ether oxygens (including phenoxy) is 2. The SMILES string of the molecule is C=CCN1C(=O)C(C)(C)COc2ccc(NC(=O)NCCc3ccc(OC)cc3)cc21. The van der Waals surface area contributed by atoms with Gasteiger partial charge in [0, 0.05) is 18.8 Å². The molecule has 0 aliphatic carbocycles. The molecule has 3 rings (SSSR count). The van der Waals surface area contributed by atoms with Gasteiger partial charge in [-0.1, -0.05) is 18.2 Å². The van der Waals surface area contributed by atoms with E-state index in [2.05, 4.69) is 17.2 Å². The molecular weight excluding hydrogens is 394 g/mol. The van der Waals surface area contributed by atoms with Crippen LogP contribution in [0.3, 0.4) is 0 Å². The van der Waals surface area contributed by atoms with Crippen molar-refractivity contribution in [3.8, 4) is 11.5 Å². The van der Waals surface area contributed by atoms with Crippen LogP contribution >= 0.6 is 0 Å². The van der Waals surface area contributed by atoms with Crippen LogP contribution in [0.2, 0.25) is 0 Å². The van der Waals surface area contributed by atoms with E-state index in [-0.39, 0.29) is 18.5 Å². The number of rotatable bonds is 7. The minimum Gasteiger partial charge on any atom is -0.497 e. The zero-order valence-corrected chi connectivity index (χ0v) is 18.2. The third-order valence-electron chi connectivity index (χ3n) is 5.09. The monoisotopic (exact) mass is 423 g/mol. The topological polar surface area (TPSA) is 79.9 Å². The van der Waals surface area contributed by atoms with Crippen molar-refractivity contribution in [1.29, 1.82) is 0 Å². The molecule has 2 aromatic carbocycles. The lowest BCUT2D eigenvalue weighted by atomic mass is 9.93. The van der Waals surface area contributed by atoms with Crippen LogP contribution in [0.25, 0.3) is 0 Å². The summed E-state index contributed by atoms with van der Waals surface area (Å²) in [4.78, 5) is 26.9. The predicted molar refractivity (Wildman–Crippen MR) is 122 cm³/mol. The Morgan fingerprint density at radius 3 is 2.68 bits per heavy atom. The van der Waals surface area contributed by atoms with E-state index in [1.165, 1.54) is 0 Å². The number of carbonyl (C=O) groups is 2. The first kappa shape index (κ1) is 22.2. The maximum Gasteiger partial charge on any atom is 0.319 e. The van der Waals surface area contributed by atoms with Gasteiger partial charge in [-0.25, -0.2) is 4.79 Å². The third kappa shape index (κ3) is 5.36. The van der Waals surface area contributed by atoms with Crippen LogP contribution in [0.15, 0.2) is 55.1 Å². The molecule has 0 atom stereocenters. The molecule has 1 aliphatic heterocycles. The summed E-state index contributed by atoms with van der Waals surface area (Å²) in [6.45, 7) is 8.59. The van der Waals surface area contributed by atoms with E-state index < -0.39 is 5.41 Å². The van der Waals surface area contributed by atoms with Crippen molar-refractivity contribution in [2.24, 2.45) is 5.41 Å². The molecule has 3 amide bonds. The zero-order chi connectivity index (χ0) is 22.4. The van der Waals surface area contributed by atoms with Crippen LogP contribution in [0.4, 0.5) is 16.2 Å². The van der Waals surface area contributed by atoms with Gasteiger partial charge in [0.2, 0.25) is 5.91 Å². The summed E-state index contributed by atoms with van der Waals surface area (Å²) < 4.78 is 11.0. The number of fused-ring (bicyclic) bond motifs is 1. The lowest BCUT2D eigenvalue weighted by molar-refractivity contribution is -0.127. The standard InChI is InChI=1S/C24H29N3O4/c1-5-14-27-20-15-18(8-11-21(20)31-16-24(2,3)22(27)28)26-23(29)25-13-12-17-6-9-19(30-4)10-7-17/h5-11,15H,1,12-14,16H2,2-4H3,(H2,25,26,29). The zero-order valence-electron chi connectivity index (χ0n) is 18.2. The summed E-state index contributed by atoms with van der Waals surface area (Å²) in [6.07, 6.45) is 2.38. The van der Waals surface area contributed by atoms with Gasteiger partial charge in [-0.05, 0) is 56.2 Å². The molecule has 2 N–H and O–H groups in total. The van der Waals surface area contributed by atoms with E-state index in [1.807, 2.05) is 38.1 Å². The Morgan fingerprint density at radius 1 is 1.26 bits per heavy atom. The second-order valence-corrected chi connectivity index (χ2v) is 8.04. The molecule has 0 saturated heterocycles. The number of carbonyl (C=O) groups excluding carboxylic acids is 2. The average molecular weight is 424 g/mol. The van der Waals surface area contributed by atoms with Crippen molar-refractivity contribution < 1.29 is 19.1 Å². The molecule has 2 aromatic rings. The lowest BCUT2D eigenvalue weighted by Crippen LogP contribution is -2.42. The molecule has 164 valence electrons. The van der Waals surface area contributed by atoms with Crippen molar-refractivity contribution in [2.45, 2.75) is 20.3 Å². The summed E-state index contributed by atoms with van der Waals surface area (Å²) in [5.41, 5.74) is 1.64. The molecule has 31 heavy (non-hydrogen) atoms. The van der Waals surface area contributed by atoms with Gasteiger partial charge in [-0.3, -0.25) is 4.79 Å². The fourth-order valence-electron chi connectivity index (χ4n) is 3.32. The Bertz CT molecular complexity index is 954. The number of benzene rings is 2. The highest BCUT2D eigenvalue weighted by Gasteiger charge is 2.37. The van der Waals surface area contributed by atoms with E-state index >= 15 is 0 Å². The third-order valence-corrected chi connectivity index (χ3v) is 5.09. The molecule has 0 radical (unpaired) electrons. The fraction of sp³-hybridized carbons (Fsp3) is 0.333. The normalized spacial score (nSPS) is 14.7. The number of methoxy groups -OCH3 is 1. The Balaban J connectivity index is 1.64. The number of amides is 3. The van der Waals surface area contributed by atoms with Gasteiger partial charge in [0.05, 0.1) is 18.2 Å². The minimum absolute atomic E-state index is 0.0488. The summed E-state index contributed by atoms with van der Waals surface area (Å²) in [5, 5.41) is 5.68. The number of nitrogens with one attached hydrogen (secondary N) is 2. The largest absolute Gasteiger partial charge is 0.497 e. The van der Waals surface area contributed by atoms with Crippen LogP contribution < -0.4 is 25.0 Å². The Hall–Kier alpha value is -3.48. The van der Waals surface area contributed by atoms with Crippen molar-refractivity contribution >= 4 is 23.3 Å². The first-order chi connectivity index (χ1) is 14.8. The van der Waals surface area contributed by atoms with Crippen LogP contribution in [0.1, 0.15) is 19.4 Å². The van der Waals surface area contributed by atoms with Crippen molar-refractivity contribution in [3.63, 3.8) is 0 Å². The minimum atomic E-state index is -0.658. The van der Waals surface area contributed by atoms with E-state index in [9.17, 15) is 9.59 Å². The van der Waals surface area contributed by atoms with Gasteiger partial charge in [-0.15, -0.1) is 6.58 Å². The van der Waals surface area contributed by atoms with Gasteiger partial charge in [0.15, 0.2) is 0 Å². The average Bonchev–Trinajstić information content (AvgIpc) is 2.84. The number of urea groups is 1. The highest BCUT2D eigenvalue weighted by molar-refractivity contribution is 6.00. The Kier molecular flexibility index (Phi) is 6.84. The highest BCUT2D eigenvalue weighted by atomic mass is 16.5. The van der Waals surface area contributed by atoms with Crippen LogP contribution in [-0.4, -0.2) is 38.7 Å². The van der Waals surface area contributed by atoms with Crippen molar-refractivity contribution in [2.75, 3.05) is 37.0 Å². The quantitative estimate of drug-likeness (QED) is 0.660. The Labute approximate surface area is 183 Å². The second kappa shape index (κ2) is 9.55. The molecule has 0 aromatic heterocycles. The first-order valence-corrected chi connectivity index (χ1v) is 10.2. The smallest absolute Gasteiger partial charge is 0.319 e. The number of anilines is 2. The highest BCUT2D eigenvalue weighted by Crippen LogP contribution is 2.38. The molecular formula is C24H29N3O4. The lowest BCUT2D eigenvalue weighted by Gasteiger charge is -2.27. The second-order valence-electron chi connectivity index (χ2n) is 8.04. The van der Waals surface area contributed by atoms with Crippen LogP contribution in [0.5, 0.6) is 11.5 Å². The predicted octanol–water partition coefficient (Wildman–Crippen LogP) is 4.00. The van der Waals surface area contributed by atoms with E-state index in [1.54, 1.807) is 36.3 Å². The molecule has 0 saturated carbocycles. The molecule has 0 fully saturated rings. The molecule has 0 spiro atoms. The number of nitrogens with zero attached hydrogens (tertiary/aromatic N) is 1. The molecule has 7 nitrogen and oxygen atoms in total. The molecule has 1 heterocycles. The molecule has 0 unspecified atom stereocenters. The van der Waals surface area contributed by atoms with Gasteiger partial charge in [0.25, 0.3) is 0 Å². The van der Waals surface area contributed by atoms with Crippen LogP contribution in [0, 0.1) is 5.41 Å². The molecule has 1 aliphatic rings. The first-order valence-electron chi connectivity index (χ1n) is 10.2. The maximum absolute atomic E-state index is 13.0. The summed E-state index contributed by atoms with van der Waals surface area (Å²) in [5.74, 6) is 1.35. The van der Waals surface area contributed by atoms with E-state index in [0.717, 1.165) is 11.3 Å².